The van der Waals surface area contributed by atoms with Gasteiger partial charge in [-0.2, -0.15) is 0 Å². The number of primary amides is 1. The topological polar surface area (TPSA) is 60.2 Å². The average Bonchev–Trinajstić information content (AvgIpc) is 2.00. The summed E-state index contributed by atoms with van der Waals surface area (Å²) in [5.41, 5.74) is 5.96. The van der Waals surface area contributed by atoms with E-state index in [1.54, 1.807) is 6.08 Å². The Labute approximate surface area is 91.0 Å². The fourth-order valence-electron chi connectivity index (χ4n) is 1.67. The molecule has 0 radical (unpaired) electrons. The maximum atomic E-state index is 11.0. The van der Waals surface area contributed by atoms with Crippen molar-refractivity contribution in [2.75, 3.05) is 0 Å². The van der Waals surface area contributed by atoms with Gasteiger partial charge in [0.15, 0.2) is 5.78 Å². The number of allylic oxidation sites excluding steroid dienone is 2. The maximum absolute atomic E-state index is 11.0. The number of nitrogens with two attached hydrogens (primary N) is 1. The van der Waals surface area contributed by atoms with Crippen molar-refractivity contribution in [2.24, 2.45) is 11.1 Å². The highest BCUT2D eigenvalue weighted by Crippen LogP contribution is 2.32. The van der Waals surface area contributed by atoms with Crippen LogP contribution in [0, 0.1) is 5.41 Å². The van der Waals surface area contributed by atoms with E-state index in [1.807, 2.05) is 6.92 Å². The molecule has 84 valence electrons. The van der Waals surface area contributed by atoms with Crippen LogP contribution >= 0.6 is 0 Å². The van der Waals surface area contributed by atoms with E-state index in [2.05, 4.69) is 26.2 Å². The van der Waals surface area contributed by atoms with E-state index in [4.69, 9.17) is 0 Å². The zero-order chi connectivity index (χ0) is 12.1. The van der Waals surface area contributed by atoms with Crippen LogP contribution in [0.3, 0.4) is 0 Å². The van der Waals surface area contributed by atoms with Gasteiger partial charge in [-0.1, -0.05) is 26.0 Å². The molecule has 0 aromatic carbocycles. The molecule has 1 rings (SSSR count). The van der Waals surface area contributed by atoms with E-state index in [-0.39, 0.29) is 11.2 Å². The second-order valence-electron chi connectivity index (χ2n) is 4.58. The summed E-state index contributed by atoms with van der Waals surface area (Å²) in [5, 5.41) is 0. The molecule has 1 aliphatic carbocycles. The van der Waals surface area contributed by atoms with E-state index in [1.165, 1.54) is 5.57 Å². The lowest BCUT2D eigenvalue weighted by molar-refractivity contribution is -0.117. The summed E-state index contributed by atoms with van der Waals surface area (Å²) in [4.78, 5) is 20.5. The number of amides is 1. The molecule has 0 saturated heterocycles. The zero-order valence-electron chi connectivity index (χ0n) is 9.67. The van der Waals surface area contributed by atoms with Crippen LogP contribution in [0.5, 0.6) is 0 Å². The molecule has 0 aromatic heterocycles. The molecule has 1 aliphatic rings. The molecule has 3 heteroatoms. The van der Waals surface area contributed by atoms with Gasteiger partial charge in [0, 0.05) is 6.42 Å². The number of ketones is 1. The smallest absolute Gasteiger partial charge is 0.240 e. The van der Waals surface area contributed by atoms with Gasteiger partial charge in [-0.3, -0.25) is 9.59 Å². The van der Waals surface area contributed by atoms with Crippen molar-refractivity contribution in [2.45, 2.75) is 33.6 Å². The molecule has 0 heterocycles. The molecule has 0 saturated carbocycles. The molecular weight excluding hydrogens is 190 g/mol. The molecule has 1 amide bonds. The molecule has 0 spiro atoms. The minimum Gasteiger partial charge on any atom is -0.366 e. The van der Waals surface area contributed by atoms with Crippen molar-refractivity contribution in [1.29, 1.82) is 0 Å². The monoisotopic (exact) mass is 209 g/mol. The van der Waals surface area contributed by atoms with Gasteiger partial charge < -0.3 is 5.73 Å². The lowest BCUT2D eigenvalue weighted by atomic mass is 9.77. The first-order chi connectivity index (χ1) is 6.76. The summed E-state index contributed by atoms with van der Waals surface area (Å²) < 4.78 is 0. The van der Waals surface area contributed by atoms with Crippen LogP contribution in [0.4, 0.5) is 0 Å². The summed E-state index contributed by atoms with van der Waals surface area (Å²) in [6.07, 6.45) is 4.61. The molecule has 0 aromatic rings. The van der Waals surface area contributed by atoms with Gasteiger partial charge in [-0.25, -0.2) is 0 Å². The molecule has 0 unspecified atom stereocenters. The summed E-state index contributed by atoms with van der Waals surface area (Å²) in [5.74, 6) is -0.196. The standard InChI is InChI=1S/C9H14O.C3H5NO/c1-7-4-8(10)6-9(2,3)5-7;1-2-3(4)5/h4H,5-6H2,1-3H3;2H,1H2,(H2,4,5). The number of rotatable bonds is 1. The van der Waals surface area contributed by atoms with Crippen molar-refractivity contribution >= 4 is 11.7 Å². The van der Waals surface area contributed by atoms with Crippen molar-refractivity contribution in [3.8, 4) is 0 Å². The van der Waals surface area contributed by atoms with Crippen molar-refractivity contribution < 1.29 is 9.59 Å². The highest BCUT2D eigenvalue weighted by Gasteiger charge is 2.25. The number of carbonyl (C=O) groups excluding carboxylic acids is 2. The van der Waals surface area contributed by atoms with E-state index < -0.39 is 5.91 Å². The Kier molecular flexibility index (Phi) is 4.98. The molecule has 3 nitrogen and oxygen atoms in total. The van der Waals surface area contributed by atoms with Gasteiger partial charge in [0.1, 0.15) is 0 Å². The van der Waals surface area contributed by atoms with Gasteiger partial charge in [-0.05, 0) is 30.9 Å². The number of hydrogen-bond acceptors (Lipinski definition) is 2. The minimum atomic E-state index is -0.481. The lowest BCUT2D eigenvalue weighted by Gasteiger charge is -2.27. The van der Waals surface area contributed by atoms with Crippen LogP contribution in [0.2, 0.25) is 0 Å². The summed E-state index contributed by atoms with van der Waals surface area (Å²) in [7, 11) is 0. The Morgan fingerprint density at radius 2 is 2.00 bits per heavy atom. The fraction of sp³-hybridized carbons (Fsp3) is 0.500. The Bertz CT molecular complexity index is 301. The lowest BCUT2D eigenvalue weighted by Crippen LogP contribution is -2.20. The Balaban J connectivity index is 0.000000336. The molecular formula is C12H19NO2. The van der Waals surface area contributed by atoms with Gasteiger partial charge in [0.2, 0.25) is 5.91 Å². The third-order valence-electron chi connectivity index (χ3n) is 2.02. The number of carbonyl (C=O) groups is 2. The van der Waals surface area contributed by atoms with Crippen LogP contribution in [0.15, 0.2) is 24.3 Å². The summed E-state index contributed by atoms with van der Waals surface area (Å²) in [6.45, 7) is 9.39. The predicted molar refractivity (Wildman–Crippen MR) is 61.2 cm³/mol. The van der Waals surface area contributed by atoms with E-state index in [0.717, 1.165) is 12.5 Å². The summed E-state index contributed by atoms with van der Waals surface area (Å²) in [6, 6.07) is 0. The van der Waals surface area contributed by atoms with Crippen LogP contribution < -0.4 is 5.73 Å². The van der Waals surface area contributed by atoms with E-state index >= 15 is 0 Å². The first-order valence-electron chi connectivity index (χ1n) is 4.89. The van der Waals surface area contributed by atoms with Crippen LogP contribution in [-0.2, 0) is 9.59 Å². The Morgan fingerprint density at radius 1 is 1.53 bits per heavy atom. The highest BCUT2D eigenvalue weighted by atomic mass is 16.1. The maximum Gasteiger partial charge on any atom is 0.240 e. The van der Waals surface area contributed by atoms with Crippen molar-refractivity contribution in [3.05, 3.63) is 24.3 Å². The molecule has 0 atom stereocenters. The normalized spacial score (nSPS) is 18.3. The second kappa shape index (κ2) is 5.49. The van der Waals surface area contributed by atoms with E-state index in [9.17, 15) is 9.59 Å². The predicted octanol–water partition coefficient (Wildman–Crippen LogP) is 1.98. The molecule has 2 N–H and O–H groups in total. The van der Waals surface area contributed by atoms with Gasteiger partial charge >= 0.3 is 0 Å². The van der Waals surface area contributed by atoms with Crippen LogP contribution in [-0.4, -0.2) is 11.7 Å². The fourth-order valence-corrected chi connectivity index (χ4v) is 1.67. The average molecular weight is 209 g/mol. The quantitative estimate of drug-likeness (QED) is 0.671. The molecule has 15 heavy (non-hydrogen) atoms. The molecule has 0 fully saturated rings. The SMILES string of the molecule is C=CC(N)=O.CC1=CC(=O)CC(C)(C)C1. The van der Waals surface area contributed by atoms with Gasteiger partial charge in [-0.15, -0.1) is 0 Å². The van der Waals surface area contributed by atoms with Crippen molar-refractivity contribution in [1.82, 2.24) is 0 Å². The van der Waals surface area contributed by atoms with Gasteiger partial charge in [0.25, 0.3) is 0 Å². The third kappa shape index (κ3) is 6.66. The summed E-state index contributed by atoms with van der Waals surface area (Å²) >= 11 is 0. The second-order valence-corrected chi connectivity index (χ2v) is 4.58. The minimum absolute atomic E-state index is 0.204. The Hall–Kier alpha value is -1.38. The number of hydrogen-bond donors (Lipinski definition) is 1. The third-order valence-corrected chi connectivity index (χ3v) is 2.02. The first kappa shape index (κ1) is 13.6. The Morgan fingerprint density at radius 3 is 2.27 bits per heavy atom. The largest absolute Gasteiger partial charge is 0.366 e. The highest BCUT2D eigenvalue weighted by molar-refractivity contribution is 5.91. The zero-order valence-corrected chi connectivity index (χ0v) is 9.67. The van der Waals surface area contributed by atoms with Crippen LogP contribution in [0.1, 0.15) is 33.6 Å². The first-order valence-corrected chi connectivity index (χ1v) is 4.89. The van der Waals surface area contributed by atoms with Crippen molar-refractivity contribution in [3.63, 3.8) is 0 Å². The molecule has 0 bridgehead atoms. The van der Waals surface area contributed by atoms with Gasteiger partial charge in [0.05, 0.1) is 0 Å². The molecule has 0 aliphatic heterocycles. The van der Waals surface area contributed by atoms with E-state index in [0.29, 0.717) is 6.42 Å². The van der Waals surface area contributed by atoms with Crippen LogP contribution in [0.25, 0.3) is 0 Å².